The van der Waals surface area contributed by atoms with Crippen LogP contribution in [0.3, 0.4) is 0 Å². The van der Waals surface area contributed by atoms with Crippen molar-refractivity contribution in [2.75, 3.05) is 13.2 Å². The van der Waals surface area contributed by atoms with Crippen molar-refractivity contribution in [1.29, 1.82) is 0 Å². The van der Waals surface area contributed by atoms with E-state index >= 15 is 0 Å². The van der Waals surface area contributed by atoms with Gasteiger partial charge in [-0.25, -0.2) is 0 Å². The summed E-state index contributed by atoms with van der Waals surface area (Å²) in [6.07, 6.45) is 5.18. The highest BCUT2D eigenvalue weighted by Gasteiger charge is 2.11. The molecule has 1 heterocycles. The number of aliphatic hydroxyl groups excluding tert-OH is 1. The van der Waals surface area contributed by atoms with E-state index in [0.29, 0.717) is 18.6 Å². The van der Waals surface area contributed by atoms with Crippen molar-refractivity contribution in [3.05, 3.63) is 16.6 Å². The molecular weight excluding hydrogens is 220 g/mol. The van der Waals surface area contributed by atoms with Gasteiger partial charge in [-0.3, -0.25) is 4.98 Å². The van der Waals surface area contributed by atoms with Gasteiger partial charge in [-0.1, -0.05) is 13.3 Å². The molecule has 16 heavy (non-hydrogen) atoms. The van der Waals surface area contributed by atoms with Crippen molar-refractivity contribution >= 4 is 11.3 Å². The minimum Gasteiger partial charge on any atom is -0.396 e. The molecule has 1 aromatic heterocycles. The van der Waals surface area contributed by atoms with Gasteiger partial charge in [0.1, 0.15) is 0 Å². The van der Waals surface area contributed by atoms with Crippen molar-refractivity contribution in [2.45, 2.75) is 39.2 Å². The van der Waals surface area contributed by atoms with Crippen molar-refractivity contribution < 1.29 is 5.11 Å². The summed E-state index contributed by atoms with van der Waals surface area (Å²) in [5.41, 5.74) is 1.87. The first kappa shape index (κ1) is 13.6. The summed E-state index contributed by atoms with van der Waals surface area (Å²) in [6, 6.07) is 0.366. The third kappa shape index (κ3) is 4.60. The molecule has 1 rings (SSSR count). The van der Waals surface area contributed by atoms with E-state index in [4.69, 9.17) is 5.11 Å². The quantitative estimate of drug-likeness (QED) is 0.736. The zero-order valence-corrected chi connectivity index (χ0v) is 11.0. The second-order valence-electron chi connectivity index (χ2n) is 4.20. The lowest BCUT2D eigenvalue weighted by atomic mass is 10.00. The van der Waals surface area contributed by atoms with Gasteiger partial charge in [-0.05, 0) is 32.2 Å². The summed E-state index contributed by atoms with van der Waals surface area (Å²) in [7, 11) is 0. The zero-order chi connectivity index (χ0) is 11.8. The van der Waals surface area contributed by atoms with E-state index in [1.54, 1.807) is 11.3 Å². The Morgan fingerprint density at radius 2 is 2.31 bits per heavy atom. The molecule has 0 spiro atoms. The average Bonchev–Trinajstić information content (AvgIpc) is 2.79. The molecule has 3 nitrogen and oxygen atoms in total. The molecular formula is C12H22N2OS. The number of thiazole rings is 1. The van der Waals surface area contributed by atoms with Crippen LogP contribution in [0.2, 0.25) is 0 Å². The van der Waals surface area contributed by atoms with E-state index in [0.717, 1.165) is 13.0 Å². The summed E-state index contributed by atoms with van der Waals surface area (Å²) >= 11 is 1.69. The predicted octanol–water partition coefficient (Wildman–Crippen LogP) is 2.59. The fraction of sp³-hybridized carbons (Fsp3) is 0.750. The average molecular weight is 242 g/mol. The van der Waals surface area contributed by atoms with Crippen molar-refractivity contribution in [3.63, 3.8) is 0 Å². The van der Waals surface area contributed by atoms with Crippen molar-refractivity contribution in [2.24, 2.45) is 5.92 Å². The van der Waals surface area contributed by atoms with Crippen LogP contribution in [0, 0.1) is 5.92 Å². The molecule has 0 bridgehead atoms. The van der Waals surface area contributed by atoms with E-state index in [1.807, 2.05) is 11.7 Å². The van der Waals surface area contributed by atoms with Gasteiger partial charge in [-0.2, -0.15) is 0 Å². The number of hydrogen-bond donors (Lipinski definition) is 2. The van der Waals surface area contributed by atoms with Crippen LogP contribution in [0.1, 0.15) is 44.0 Å². The van der Waals surface area contributed by atoms with E-state index < -0.39 is 0 Å². The Labute approximate surface area is 102 Å². The summed E-state index contributed by atoms with van der Waals surface area (Å²) in [4.78, 5) is 5.36. The Kier molecular flexibility index (Phi) is 6.61. The highest BCUT2D eigenvalue weighted by Crippen LogP contribution is 2.17. The molecule has 0 aromatic carbocycles. The van der Waals surface area contributed by atoms with Crippen LogP contribution >= 0.6 is 11.3 Å². The Morgan fingerprint density at radius 1 is 1.50 bits per heavy atom. The molecule has 0 saturated carbocycles. The topological polar surface area (TPSA) is 45.1 Å². The molecule has 2 atom stereocenters. The lowest BCUT2D eigenvalue weighted by molar-refractivity contribution is 0.246. The molecule has 92 valence electrons. The smallest absolute Gasteiger partial charge is 0.0794 e. The molecule has 2 N–H and O–H groups in total. The number of aliphatic hydroxyl groups is 1. The third-order valence-electron chi connectivity index (χ3n) is 2.83. The number of rotatable bonds is 8. The molecule has 1 aromatic rings. The lowest BCUT2D eigenvalue weighted by Gasteiger charge is -2.18. The van der Waals surface area contributed by atoms with Gasteiger partial charge in [0.15, 0.2) is 0 Å². The third-order valence-corrected chi connectivity index (χ3v) is 3.78. The lowest BCUT2D eigenvalue weighted by Crippen LogP contribution is -2.26. The monoisotopic (exact) mass is 242 g/mol. The van der Waals surface area contributed by atoms with Crippen LogP contribution in [0.15, 0.2) is 11.7 Å². The van der Waals surface area contributed by atoms with E-state index in [2.05, 4.69) is 24.1 Å². The first-order chi connectivity index (χ1) is 7.77. The van der Waals surface area contributed by atoms with Crippen molar-refractivity contribution in [1.82, 2.24) is 10.3 Å². The Hall–Kier alpha value is -0.450. The highest BCUT2D eigenvalue weighted by molar-refractivity contribution is 7.09. The van der Waals surface area contributed by atoms with Crippen LogP contribution in [0.25, 0.3) is 0 Å². The van der Waals surface area contributed by atoms with Gasteiger partial charge < -0.3 is 10.4 Å². The molecule has 0 aliphatic rings. The molecule has 0 aliphatic heterocycles. The van der Waals surface area contributed by atoms with Crippen LogP contribution in [0.4, 0.5) is 0 Å². The van der Waals surface area contributed by atoms with Crippen LogP contribution in [-0.4, -0.2) is 23.2 Å². The Bertz CT molecular complexity index is 258. The van der Waals surface area contributed by atoms with Crippen LogP contribution < -0.4 is 5.32 Å². The first-order valence-corrected chi connectivity index (χ1v) is 6.88. The predicted molar refractivity (Wildman–Crippen MR) is 68.6 cm³/mol. The fourth-order valence-corrected chi connectivity index (χ4v) is 2.48. The van der Waals surface area contributed by atoms with E-state index in [-0.39, 0.29) is 0 Å². The summed E-state index contributed by atoms with van der Waals surface area (Å²) < 4.78 is 0. The van der Waals surface area contributed by atoms with Gasteiger partial charge >= 0.3 is 0 Å². The molecule has 0 saturated heterocycles. The van der Waals surface area contributed by atoms with Gasteiger partial charge in [0, 0.05) is 23.7 Å². The van der Waals surface area contributed by atoms with Gasteiger partial charge in [0.25, 0.3) is 0 Å². The number of hydrogen-bond acceptors (Lipinski definition) is 4. The van der Waals surface area contributed by atoms with Crippen molar-refractivity contribution in [3.8, 4) is 0 Å². The Morgan fingerprint density at radius 3 is 2.88 bits per heavy atom. The van der Waals surface area contributed by atoms with Crippen LogP contribution in [0.5, 0.6) is 0 Å². The maximum atomic E-state index is 8.98. The molecule has 4 heteroatoms. The normalized spacial score (nSPS) is 14.9. The van der Waals surface area contributed by atoms with Gasteiger partial charge in [0.2, 0.25) is 0 Å². The minimum atomic E-state index is 0.293. The SMILES string of the molecule is CCCC(CCO)CNC(C)c1cncs1. The summed E-state index contributed by atoms with van der Waals surface area (Å²) in [6.45, 7) is 5.63. The van der Waals surface area contributed by atoms with E-state index in [9.17, 15) is 0 Å². The second-order valence-corrected chi connectivity index (χ2v) is 5.12. The Balaban J connectivity index is 2.30. The molecule has 2 unspecified atom stereocenters. The maximum Gasteiger partial charge on any atom is 0.0794 e. The highest BCUT2D eigenvalue weighted by atomic mass is 32.1. The van der Waals surface area contributed by atoms with Gasteiger partial charge in [0.05, 0.1) is 5.51 Å². The largest absolute Gasteiger partial charge is 0.396 e. The molecule has 0 radical (unpaired) electrons. The summed E-state index contributed by atoms with van der Waals surface area (Å²) in [5.74, 6) is 0.588. The first-order valence-electron chi connectivity index (χ1n) is 6.00. The molecule has 0 amide bonds. The second kappa shape index (κ2) is 7.76. The van der Waals surface area contributed by atoms with Crippen LogP contribution in [-0.2, 0) is 0 Å². The minimum absolute atomic E-state index is 0.293. The molecule has 0 fully saturated rings. The van der Waals surface area contributed by atoms with Gasteiger partial charge in [-0.15, -0.1) is 11.3 Å². The standard InChI is InChI=1S/C12H22N2OS/c1-3-4-11(5-6-15)7-14-10(2)12-8-13-9-16-12/h8-11,14-15H,3-7H2,1-2H3. The zero-order valence-electron chi connectivity index (χ0n) is 10.1. The number of aromatic nitrogens is 1. The summed E-state index contributed by atoms with van der Waals surface area (Å²) in [5, 5.41) is 12.5. The molecule has 0 aliphatic carbocycles. The number of nitrogens with zero attached hydrogens (tertiary/aromatic N) is 1. The fourth-order valence-electron chi connectivity index (χ4n) is 1.82. The van der Waals surface area contributed by atoms with E-state index in [1.165, 1.54) is 17.7 Å². The maximum absolute atomic E-state index is 8.98. The number of nitrogens with one attached hydrogen (secondary N) is 1.